The third-order valence-corrected chi connectivity index (χ3v) is 4.97. The van der Waals surface area contributed by atoms with Crippen LogP contribution in [-0.2, 0) is 7.05 Å². The molecule has 0 saturated carbocycles. The van der Waals surface area contributed by atoms with Crippen molar-refractivity contribution >= 4 is 16.8 Å². The van der Waals surface area contributed by atoms with Crippen molar-refractivity contribution in [3.05, 3.63) is 60.0 Å². The number of likely N-dealkylation sites (tertiary alicyclic amines) is 1. The fourth-order valence-corrected chi connectivity index (χ4v) is 3.62. The van der Waals surface area contributed by atoms with Crippen LogP contribution < -0.4 is 0 Å². The quantitative estimate of drug-likeness (QED) is 0.792. The largest absolute Gasteiger partial charge is 0.396 e. The first kappa shape index (κ1) is 15.8. The van der Waals surface area contributed by atoms with Crippen LogP contribution in [-0.4, -0.2) is 50.4 Å². The zero-order chi connectivity index (χ0) is 17.4. The van der Waals surface area contributed by atoms with Gasteiger partial charge in [0.25, 0.3) is 5.91 Å². The van der Waals surface area contributed by atoms with Gasteiger partial charge in [-0.15, -0.1) is 0 Å². The average Bonchev–Trinajstić information content (AvgIpc) is 3.26. The lowest BCUT2D eigenvalue weighted by molar-refractivity contribution is 0.0781. The second-order valence-corrected chi connectivity index (χ2v) is 6.62. The smallest absolute Gasteiger partial charge is 0.253 e. The summed E-state index contributed by atoms with van der Waals surface area (Å²) in [6.07, 6.45) is 5.53. The standard InChI is InChI=1S/C19H20N4O2/c1-22-9-15(8-21-22)17-11-23(10-16(17)12-24)19(25)14-4-5-18-13(7-14)3-2-6-20-18/h2-9,16-17,24H,10-12H2,1H3/t16-,17-/m0/s1. The third kappa shape index (κ3) is 2.89. The van der Waals surface area contributed by atoms with Gasteiger partial charge in [-0.2, -0.15) is 5.10 Å². The van der Waals surface area contributed by atoms with E-state index in [1.807, 2.05) is 54.7 Å². The molecule has 2 atom stereocenters. The van der Waals surface area contributed by atoms with Crippen LogP contribution in [0, 0.1) is 5.92 Å². The number of carbonyl (C=O) groups excluding carboxylic acids is 1. The van der Waals surface area contributed by atoms with Gasteiger partial charge in [0, 0.05) is 61.9 Å². The van der Waals surface area contributed by atoms with Crippen molar-refractivity contribution < 1.29 is 9.90 Å². The van der Waals surface area contributed by atoms with Gasteiger partial charge in [0.1, 0.15) is 0 Å². The topological polar surface area (TPSA) is 71.2 Å². The first-order valence-electron chi connectivity index (χ1n) is 8.39. The molecule has 6 nitrogen and oxygen atoms in total. The van der Waals surface area contributed by atoms with Crippen LogP contribution >= 0.6 is 0 Å². The van der Waals surface area contributed by atoms with Crippen molar-refractivity contribution in [2.75, 3.05) is 19.7 Å². The van der Waals surface area contributed by atoms with E-state index in [1.54, 1.807) is 10.9 Å². The number of fused-ring (bicyclic) bond motifs is 1. The molecule has 1 aliphatic rings. The highest BCUT2D eigenvalue weighted by molar-refractivity contribution is 5.98. The molecule has 1 amide bonds. The summed E-state index contributed by atoms with van der Waals surface area (Å²) in [5.41, 5.74) is 2.60. The minimum absolute atomic E-state index is 0.00408. The molecule has 1 aromatic carbocycles. The predicted molar refractivity (Wildman–Crippen MR) is 94.2 cm³/mol. The third-order valence-electron chi connectivity index (χ3n) is 4.97. The maximum Gasteiger partial charge on any atom is 0.253 e. The van der Waals surface area contributed by atoms with Gasteiger partial charge in [-0.1, -0.05) is 6.07 Å². The first-order chi connectivity index (χ1) is 12.2. The molecule has 4 rings (SSSR count). The normalized spacial score (nSPS) is 20.3. The fraction of sp³-hybridized carbons (Fsp3) is 0.316. The Balaban J connectivity index is 1.59. The number of rotatable bonds is 3. The Kier molecular flexibility index (Phi) is 3.97. The van der Waals surface area contributed by atoms with Gasteiger partial charge in [0.2, 0.25) is 0 Å². The first-order valence-corrected chi connectivity index (χ1v) is 8.39. The molecule has 0 bridgehead atoms. The number of carbonyl (C=O) groups is 1. The maximum absolute atomic E-state index is 12.9. The summed E-state index contributed by atoms with van der Waals surface area (Å²) in [5.74, 6) is 0.149. The van der Waals surface area contributed by atoms with Gasteiger partial charge in [-0.25, -0.2) is 0 Å². The molecule has 3 aromatic rings. The van der Waals surface area contributed by atoms with E-state index in [2.05, 4.69) is 10.1 Å². The number of hydrogen-bond acceptors (Lipinski definition) is 4. The van der Waals surface area contributed by atoms with Crippen molar-refractivity contribution in [1.82, 2.24) is 19.7 Å². The zero-order valence-electron chi connectivity index (χ0n) is 14.0. The van der Waals surface area contributed by atoms with Crippen LogP contribution in [0.1, 0.15) is 21.8 Å². The number of hydrogen-bond donors (Lipinski definition) is 1. The molecule has 3 heterocycles. The molecule has 0 aliphatic carbocycles. The monoisotopic (exact) mass is 336 g/mol. The number of benzene rings is 1. The Morgan fingerprint density at radius 2 is 2.20 bits per heavy atom. The van der Waals surface area contributed by atoms with Crippen LogP contribution in [0.5, 0.6) is 0 Å². The van der Waals surface area contributed by atoms with Gasteiger partial charge < -0.3 is 10.0 Å². The lowest BCUT2D eigenvalue weighted by Gasteiger charge is -2.16. The van der Waals surface area contributed by atoms with E-state index >= 15 is 0 Å². The van der Waals surface area contributed by atoms with E-state index in [4.69, 9.17) is 0 Å². The minimum Gasteiger partial charge on any atom is -0.396 e. The average molecular weight is 336 g/mol. The Morgan fingerprint density at radius 1 is 1.32 bits per heavy atom. The summed E-state index contributed by atoms with van der Waals surface area (Å²) in [6, 6.07) is 9.41. The van der Waals surface area contributed by atoms with Gasteiger partial charge in [0.15, 0.2) is 0 Å². The van der Waals surface area contributed by atoms with E-state index in [0.29, 0.717) is 18.7 Å². The van der Waals surface area contributed by atoms with Gasteiger partial charge >= 0.3 is 0 Å². The SMILES string of the molecule is Cn1cc([C@@H]2CN(C(=O)c3ccc4ncccc4c3)C[C@H]2CO)cn1. The summed E-state index contributed by atoms with van der Waals surface area (Å²) in [6.45, 7) is 1.21. The Hall–Kier alpha value is -2.73. The van der Waals surface area contributed by atoms with Crippen molar-refractivity contribution in [3.63, 3.8) is 0 Å². The Labute approximate surface area is 145 Å². The predicted octanol–water partition coefficient (Wildman–Crippen LogP) is 1.82. The molecule has 1 N–H and O–H groups in total. The van der Waals surface area contributed by atoms with Gasteiger partial charge in [-0.05, 0) is 29.8 Å². The molecule has 25 heavy (non-hydrogen) atoms. The van der Waals surface area contributed by atoms with Crippen LogP contribution in [0.25, 0.3) is 10.9 Å². The summed E-state index contributed by atoms with van der Waals surface area (Å²) < 4.78 is 1.75. The number of pyridine rings is 1. The van der Waals surface area contributed by atoms with E-state index in [0.717, 1.165) is 16.5 Å². The number of aliphatic hydroxyl groups excluding tert-OH is 1. The molecule has 1 aliphatic heterocycles. The second-order valence-electron chi connectivity index (χ2n) is 6.62. The summed E-state index contributed by atoms with van der Waals surface area (Å²) in [7, 11) is 1.87. The number of aryl methyl sites for hydroxylation is 1. The highest BCUT2D eigenvalue weighted by Crippen LogP contribution is 2.33. The van der Waals surface area contributed by atoms with Crippen LogP contribution in [0.15, 0.2) is 48.9 Å². The van der Waals surface area contributed by atoms with Crippen molar-refractivity contribution in [1.29, 1.82) is 0 Å². The fourth-order valence-electron chi connectivity index (χ4n) is 3.62. The molecular weight excluding hydrogens is 316 g/mol. The lowest BCUT2D eigenvalue weighted by atomic mass is 9.92. The Morgan fingerprint density at radius 3 is 2.96 bits per heavy atom. The molecule has 0 unspecified atom stereocenters. The van der Waals surface area contributed by atoms with E-state index < -0.39 is 0 Å². The van der Waals surface area contributed by atoms with Crippen molar-refractivity contribution in [2.45, 2.75) is 5.92 Å². The molecule has 1 saturated heterocycles. The summed E-state index contributed by atoms with van der Waals surface area (Å²) in [5, 5.41) is 14.9. The second kappa shape index (κ2) is 6.29. The van der Waals surface area contributed by atoms with Gasteiger partial charge in [-0.3, -0.25) is 14.5 Å². The molecular formula is C19H20N4O2. The molecule has 1 fully saturated rings. The van der Waals surface area contributed by atoms with Crippen LogP contribution in [0.2, 0.25) is 0 Å². The van der Waals surface area contributed by atoms with E-state index in [-0.39, 0.29) is 24.3 Å². The van der Waals surface area contributed by atoms with Crippen molar-refractivity contribution in [3.8, 4) is 0 Å². The highest BCUT2D eigenvalue weighted by atomic mass is 16.3. The molecule has 0 spiro atoms. The van der Waals surface area contributed by atoms with Crippen molar-refractivity contribution in [2.24, 2.45) is 13.0 Å². The summed E-state index contributed by atoms with van der Waals surface area (Å²) >= 11 is 0. The number of aromatic nitrogens is 3. The lowest BCUT2D eigenvalue weighted by Crippen LogP contribution is -2.29. The highest BCUT2D eigenvalue weighted by Gasteiger charge is 2.36. The molecule has 0 radical (unpaired) electrons. The maximum atomic E-state index is 12.9. The number of amides is 1. The zero-order valence-corrected chi connectivity index (χ0v) is 14.0. The van der Waals surface area contributed by atoms with E-state index in [9.17, 15) is 9.90 Å². The van der Waals surface area contributed by atoms with E-state index in [1.165, 1.54) is 0 Å². The molecule has 6 heteroatoms. The number of nitrogens with zero attached hydrogens (tertiary/aromatic N) is 4. The number of aliphatic hydroxyl groups is 1. The van der Waals surface area contributed by atoms with Crippen LogP contribution in [0.3, 0.4) is 0 Å². The Bertz CT molecular complexity index is 920. The van der Waals surface area contributed by atoms with Gasteiger partial charge in [0.05, 0.1) is 11.7 Å². The molecule has 128 valence electrons. The van der Waals surface area contributed by atoms with Crippen LogP contribution in [0.4, 0.5) is 0 Å². The summed E-state index contributed by atoms with van der Waals surface area (Å²) in [4.78, 5) is 19.1. The molecule has 2 aromatic heterocycles. The minimum atomic E-state index is -0.00408.